The fourth-order valence-electron chi connectivity index (χ4n) is 4.66. The maximum atomic E-state index is 13.8. The van der Waals surface area contributed by atoms with E-state index in [-0.39, 0.29) is 18.3 Å². The number of benzene rings is 2. The number of rotatable bonds is 2. The highest BCUT2D eigenvalue weighted by molar-refractivity contribution is 6.11. The van der Waals surface area contributed by atoms with Crippen molar-refractivity contribution in [3.8, 4) is 11.5 Å². The zero-order valence-corrected chi connectivity index (χ0v) is 16.4. The highest BCUT2D eigenvalue weighted by atomic mass is 35.5. The summed E-state index contributed by atoms with van der Waals surface area (Å²) in [5.41, 5.74) is 4.12. The smallest absolute Gasteiger partial charge is 0.246 e. The Hall–Kier alpha value is -3.05. The second-order valence-corrected chi connectivity index (χ2v) is 7.48. The summed E-state index contributed by atoms with van der Waals surface area (Å²) in [6, 6.07) is 17.9. The maximum absolute atomic E-state index is 13.8. The van der Waals surface area contributed by atoms with Crippen molar-refractivity contribution in [3.63, 3.8) is 0 Å². The molecule has 0 aliphatic carbocycles. The quantitative estimate of drug-likeness (QED) is 0.651. The molecule has 0 radical (unpaired) electrons. The van der Waals surface area contributed by atoms with Crippen molar-refractivity contribution in [2.24, 2.45) is 0 Å². The van der Waals surface area contributed by atoms with Crippen molar-refractivity contribution in [1.29, 1.82) is 0 Å². The van der Waals surface area contributed by atoms with Crippen LogP contribution in [0.25, 0.3) is 0 Å². The minimum Gasteiger partial charge on any atom is -0.493 e. The van der Waals surface area contributed by atoms with Crippen molar-refractivity contribution < 1.29 is 14.3 Å². The second kappa shape index (κ2) is 6.49. The predicted molar refractivity (Wildman–Crippen MR) is 111 cm³/mol. The molecule has 0 saturated heterocycles. The van der Waals surface area contributed by atoms with Crippen LogP contribution in [0.5, 0.6) is 11.5 Å². The number of anilines is 1. The zero-order valence-electron chi connectivity index (χ0n) is 15.6. The molecule has 146 valence electrons. The van der Waals surface area contributed by atoms with Gasteiger partial charge in [0.2, 0.25) is 5.91 Å². The van der Waals surface area contributed by atoms with Gasteiger partial charge < -0.3 is 14.4 Å². The molecule has 2 aromatic carbocycles. The first-order valence-electron chi connectivity index (χ1n) is 9.52. The van der Waals surface area contributed by atoms with Gasteiger partial charge in [-0.3, -0.25) is 9.78 Å². The minimum atomic E-state index is -0.793. The van der Waals surface area contributed by atoms with Crippen LogP contribution in [0.2, 0.25) is 0 Å². The summed E-state index contributed by atoms with van der Waals surface area (Å²) in [6.07, 6.45) is 2.63. The van der Waals surface area contributed by atoms with Crippen molar-refractivity contribution >= 4 is 24.0 Å². The van der Waals surface area contributed by atoms with E-state index < -0.39 is 5.41 Å². The third kappa shape index (κ3) is 2.40. The summed E-state index contributed by atoms with van der Waals surface area (Å²) in [5, 5.41) is 0. The summed E-state index contributed by atoms with van der Waals surface area (Å²) >= 11 is 0. The van der Waals surface area contributed by atoms with Crippen LogP contribution in [0.15, 0.2) is 60.8 Å². The molecule has 0 N–H and O–H groups in total. The van der Waals surface area contributed by atoms with Gasteiger partial charge in [0.15, 0.2) is 0 Å². The lowest BCUT2D eigenvalue weighted by Crippen LogP contribution is -2.42. The molecule has 6 heteroatoms. The molecule has 1 unspecified atom stereocenters. The number of pyridine rings is 1. The van der Waals surface area contributed by atoms with Gasteiger partial charge in [-0.25, -0.2) is 0 Å². The van der Waals surface area contributed by atoms with Gasteiger partial charge >= 0.3 is 0 Å². The van der Waals surface area contributed by atoms with Crippen LogP contribution in [0.1, 0.15) is 22.4 Å². The lowest BCUT2D eigenvalue weighted by atomic mass is 9.76. The first-order valence-corrected chi connectivity index (χ1v) is 9.52. The van der Waals surface area contributed by atoms with E-state index in [9.17, 15) is 4.79 Å². The zero-order chi connectivity index (χ0) is 18.7. The molecule has 29 heavy (non-hydrogen) atoms. The van der Waals surface area contributed by atoms with E-state index in [4.69, 9.17) is 9.47 Å². The number of halogens is 1. The number of carbonyl (C=O) groups is 1. The van der Waals surface area contributed by atoms with E-state index in [1.54, 1.807) is 6.20 Å². The number of ether oxygens (including phenoxy) is 2. The normalized spacial score (nSPS) is 20.6. The van der Waals surface area contributed by atoms with Gasteiger partial charge in [0.05, 0.1) is 18.8 Å². The number of fused-ring (bicyclic) bond motifs is 5. The Kier molecular flexibility index (Phi) is 4.03. The van der Waals surface area contributed by atoms with E-state index >= 15 is 0 Å². The molecule has 1 atom stereocenters. The van der Waals surface area contributed by atoms with Crippen LogP contribution in [-0.4, -0.2) is 24.1 Å². The monoisotopic (exact) mass is 406 g/mol. The molecule has 0 saturated carbocycles. The Bertz CT molecular complexity index is 1120. The van der Waals surface area contributed by atoms with E-state index in [2.05, 4.69) is 11.1 Å². The Morgan fingerprint density at radius 2 is 1.86 bits per heavy atom. The second-order valence-electron chi connectivity index (χ2n) is 7.48. The van der Waals surface area contributed by atoms with E-state index in [1.807, 2.05) is 53.4 Å². The number of hydrogen-bond acceptors (Lipinski definition) is 4. The Morgan fingerprint density at radius 1 is 1.00 bits per heavy atom. The summed E-state index contributed by atoms with van der Waals surface area (Å²) < 4.78 is 11.7. The number of hydrogen-bond donors (Lipinski definition) is 0. The van der Waals surface area contributed by atoms with Crippen LogP contribution in [0.4, 0.5) is 5.69 Å². The molecule has 3 aliphatic rings. The third-order valence-corrected chi connectivity index (χ3v) is 6.01. The van der Waals surface area contributed by atoms with Gasteiger partial charge in [0.25, 0.3) is 0 Å². The van der Waals surface area contributed by atoms with Gasteiger partial charge in [0, 0.05) is 29.9 Å². The van der Waals surface area contributed by atoms with Crippen LogP contribution < -0.4 is 14.4 Å². The summed E-state index contributed by atoms with van der Waals surface area (Å²) in [4.78, 5) is 20.1. The van der Waals surface area contributed by atoms with E-state index in [0.29, 0.717) is 19.8 Å². The van der Waals surface area contributed by atoms with Gasteiger partial charge in [-0.2, -0.15) is 0 Å². The third-order valence-electron chi connectivity index (χ3n) is 6.01. The molecule has 3 aliphatic heterocycles. The fourth-order valence-corrected chi connectivity index (χ4v) is 4.66. The molecule has 6 rings (SSSR count). The average Bonchev–Trinajstić information content (AvgIpc) is 3.40. The molecular formula is C23H19ClN2O3. The van der Waals surface area contributed by atoms with Gasteiger partial charge in [-0.1, -0.05) is 24.3 Å². The van der Waals surface area contributed by atoms with Crippen molar-refractivity contribution in [2.45, 2.75) is 18.4 Å². The first kappa shape index (κ1) is 18.0. The molecule has 5 nitrogen and oxygen atoms in total. The fraction of sp³-hybridized carbons (Fsp3) is 0.217. The van der Waals surface area contributed by atoms with Crippen LogP contribution in [0.3, 0.4) is 0 Å². The van der Waals surface area contributed by atoms with Gasteiger partial charge in [0.1, 0.15) is 23.5 Å². The van der Waals surface area contributed by atoms with Crippen molar-refractivity contribution in [2.75, 3.05) is 18.1 Å². The lowest BCUT2D eigenvalue weighted by molar-refractivity contribution is -0.122. The van der Waals surface area contributed by atoms with E-state index in [0.717, 1.165) is 46.0 Å². The van der Waals surface area contributed by atoms with Gasteiger partial charge in [-0.15, -0.1) is 12.4 Å². The Balaban J connectivity index is 0.00000181. The van der Waals surface area contributed by atoms with Crippen LogP contribution in [-0.2, 0) is 23.2 Å². The molecule has 1 spiro atoms. The molecule has 4 heterocycles. The average molecular weight is 407 g/mol. The molecule has 1 amide bonds. The summed E-state index contributed by atoms with van der Waals surface area (Å²) in [6.45, 7) is 1.45. The summed E-state index contributed by atoms with van der Waals surface area (Å²) in [7, 11) is 0. The largest absolute Gasteiger partial charge is 0.493 e. The molecule has 0 bridgehead atoms. The number of nitrogens with zero attached hydrogens (tertiary/aromatic N) is 2. The minimum absolute atomic E-state index is 0. The van der Waals surface area contributed by atoms with Crippen LogP contribution in [0, 0.1) is 0 Å². The van der Waals surface area contributed by atoms with Crippen molar-refractivity contribution in [3.05, 3.63) is 83.2 Å². The summed E-state index contributed by atoms with van der Waals surface area (Å²) in [5.74, 6) is 1.68. The Labute approximate surface area is 174 Å². The highest BCUT2D eigenvalue weighted by Crippen LogP contribution is 2.54. The molecule has 1 aromatic heterocycles. The number of aromatic nitrogens is 1. The molecule has 0 fully saturated rings. The highest BCUT2D eigenvalue weighted by Gasteiger charge is 2.57. The standard InChI is InChI=1S/C23H18N2O3.ClH/c26-22-23(14-28-21-12-20-15(8-10-27-20)11-18(21)23)17-6-1-2-7-19(17)25(22)13-16-5-3-4-9-24-16;/h1-7,9,11-12H,8,10,13-14H2;1H. The van der Waals surface area contributed by atoms with Crippen LogP contribution >= 0.6 is 12.4 Å². The maximum Gasteiger partial charge on any atom is 0.246 e. The number of carbonyl (C=O) groups excluding carboxylic acids is 1. The van der Waals surface area contributed by atoms with Gasteiger partial charge in [-0.05, 0) is 35.4 Å². The lowest BCUT2D eigenvalue weighted by Gasteiger charge is -2.23. The first-order chi connectivity index (χ1) is 13.8. The van der Waals surface area contributed by atoms with E-state index in [1.165, 1.54) is 0 Å². The van der Waals surface area contributed by atoms with Crippen molar-refractivity contribution in [1.82, 2.24) is 4.98 Å². The topological polar surface area (TPSA) is 51.7 Å². The number of amides is 1. The number of para-hydroxylation sites is 1. The Morgan fingerprint density at radius 3 is 2.72 bits per heavy atom. The molecule has 3 aromatic rings. The molecular weight excluding hydrogens is 388 g/mol. The predicted octanol–water partition coefficient (Wildman–Crippen LogP) is 3.66. The SMILES string of the molecule is Cl.O=C1N(Cc2ccccn2)c2ccccc2C12COc1cc3c(cc12)CCO3.